The summed E-state index contributed by atoms with van der Waals surface area (Å²) in [4.78, 5) is 31.5. The number of fused-ring (bicyclic) bond motifs is 1. The first-order valence-corrected chi connectivity index (χ1v) is 10.8. The zero-order chi connectivity index (χ0) is 22.2. The third-order valence-electron chi connectivity index (χ3n) is 6.15. The van der Waals surface area contributed by atoms with Gasteiger partial charge in [0.2, 0.25) is 0 Å². The minimum atomic E-state index is -1.07. The van der Waals surface area contributed by atoms with E-state index >= 15 is 0 Å². The fourth-order valence-corrected chi connectivity index (χ4v) is 4.57. The van der Waals surface area contributed by atoms with Crippen molar-refractivity contribution in [2.45, 2.75) is 44.7 Å². The molecule has 0 bridgehead atoms. The molecule has 2 heterocycles. The zero-order valence-electron chi connectivity index (χ0n) is 17.4. The Labute approximate surface area is 182 Å². The van der Waals surface area contributed by atoms with E-state index in [2.05, 4.69) is 4.98 Å². The SMILES string of the molecule is O=c1c2c(ncn2Cc2ccccc2)n(-c2ccc(F)c(F)c2)c(=O)n1C1CCCCC1. The smallest absolute Gasteiger partial charge is 0.320 e. The Morgan fingerprint density at radius 3 is 2.41 bits per heavy atom. The van der Waals surface area contributed by atoms with Crippen LogP contribution in [0.15, 0.2) is 64.4 Å². The molecule has 2 aromatic heterocycles. The molecule has 0 saturated heterocycles. The first-order chi connectivity index (χ1) is 15.5. The van der Waals surface area contributed by atoms with Crippen LogP contribution in [0.1, 0.15) is 43.7 Å². The third-order valence-corrected chi connectivity index (χ3v) is 6.15. The Morgan fingerprint density at radius 2 is 1.69 bits per heavy atom. The number of hydrogen-bond donors (Lipinski definition) is 0. The number of halogens is 2. The summed E-state index contributed by atoms with van der Waals surface area (Å²) in [7, 11) is 0. The fraction of sp³-hybridized carbons (Fsp3) is 0.292. The van der Waals surface area contributed by atoms with E-state index < -0.39 is 22.9 Å². The second-order valence-corrected chi connectivity index (χ2v) is 8.21. The molecule has 1 aliphatic carbocycles. The predicted molar refractivity (Wildman–Crippen MR) is 117 cm³/mol. The molecule has 0 amide bonds. The van der Waals surface area contributed by atoms with E-state index in [4.69, 9.17) is 0 Å². The quantitative estimate of drug-likeness (QED) is 0.482. The number of nitrogens with zero attached hydrogens (tertiary/aromatic N) is 4. The van der Waals surface area contributed by atoms with Gasteiger partial charge in [0.05, 0.1) is 12.0 Å². The van der Waals surface area contributed by atoms with Crippen LogP contribution in [0.4, 0.5) is 8.78 Å². The topological polar surface area (TPSA) is 61.8 Å². The van der Waals surface area contributed by atoms with Gasteiger partial charge in [0, 0.05) is 18.7 Å². The van der Waals surface area contributed by atoms with E-state index in [-0.39, 0.29) is 22.9 Å². The van der Waals surface area contributed by atoms with Crippen LogP contribution in [0.2, 0.25) is 0 Å². The molecule has 1 fully saturated rings. The van der Waals surface area contributed by atoms with E-state index in [0.717, 1.165) is 49.8 Å². The Morgan fingerprint density at radius 1 is 0.938 bits per heavy atom. The molecule has 1 aliphatic rings. The van der Waals surface area contributed by atoms with Gasteiger partial charge in [-0.1, -0.05) is 49.6 Å². The van der Waals surface area contributed by atoms with Crippen molar-refractivity contribution in [3.05, 3.63) is 92.9 Å². The van der Waals surface area contributed by atoms with Gasteiger partial charge in [-0.2, -0.15) is 0 Å². The van der Waals surface area contributed by atoms with Crippen molar-refractivity contribution in [2.24, 2.45) is 0 Å². The van der Waals surface area contributed by atoms with Crippen molar-refractivity contribution in [1.29, 1.82) is 0 Å². The molecule has 4 aromatic rings. The van der Waals surface area contributed by atoms with Crippen molar-refractivity contribution in [3.8, 4) is 5.69 Å². The van der Waals surface area contributed by atoms with Gasteiger partial charge < -0.3 is 4.57 Å². The molecule has 32 heavy (non-hydrogen) atoms. The molecule has 0 radical (unpaired) electrons. The highest BCUT2D eigenvalue weighted by Crippen LogP contribution is 2.27. The first-order valence-electron chi connectivity index (χ1n) is 10.8. The van der Waals surface area contributed by atoms with E-state index in [1.165, 1.54) is 21.5 Å². The van der Waals surface area contributed by atoms with Crippen LogP contribution in [-0.4, -0.2) is 18.7 Å². The fourth-order valence-electron chi connectivity index (χ4n) is 4.57. The summed E-state index contributed by atoms with van der Waals surface area (Å²) < 4.78 is 31.8. The van der Waals surface area contributed by atoms with Gasteiger partial charge >= 0.3 is 5.69 Å². The second kappa shape index (κ2) is 8.18. The highest BCUT2D eigenvalue weighted by molar-refractivity contribution is 5.72. The molecule has 0 spiro atoms. The number of rotatable bonds is 4. The van der Waals surface area contributed by atoms with E-state index in [1.807, 2.05) is 30.3 Å². The Balaban J connectivity index is 1.79. The highest BCUT2D eigenvalue weighted by atomic mass is 19.2. The maximum Gasteiger partial charge on any atom is 0.337 e. The van der Waals surface area contributed by atoms with Crippen molar-refractivity contribution in [2.75, 3.05) is 0 Å². The number of aromatic nitrogens is 4. The highest BCUT2D eigenvalue weighted by Gasteiger charge is 2.25. The van der Waals surface area contributed by atoms with Crippen molar-refractivity contribution in [3.63, 3.8) is 0 Å². The van der Waals surface area contributed by atoms with Crippen LogP contribution in [0.3, 0.4) is 0 Å². The minimum Gasteiger partial charge on any atom is -0.320 e. The van der Waals surface area contributed by atoms with Gasteiger partial charge in [0.25, 0.3) is 5.56 Å². The average Bonchev–Trinajstić information content (AvgIpc) is 3.21. The van der Waals surface area contributed by atoms with E-state index in [1.54, 1.807) is 4.57 Å². The normalized spacial score (nSPS) is 14.8. The standard InChI is InChI=1S/C24H22F2N4O2/c25-19-12-11-18(13-20(19)26)29-22-21(28(15-27-22)14-16-7-3-1-4-8-16)23(31)30(24(29)32)17-9-5-2-6-10-17/h1,3-4,7-8,11-13,15,17H,2,5-6,9-10,14H2. The Hall–Kier alpha value is -3.55. The molecular formula is C24H22F2N4O2. The summed E-state index contributed by atoms with van der Waals surface area (Å²) in [6.45, 7) is 0.396. The largest absolute Gasteiger partial charge is 0.337 e. The maximum absolute atomic E-state index is 14.0. The Bertz CT molecular complexity index is 1400. The lowest BCUT2D eigenvalue weighted by Crippen LogP contribution is -2.43. The first kappa shape index (κ1) is 20.4. The van der Waals surface area contributed by atoms with Gasteiger partial charge in [-0.05, 0) is 30.5 Å². The van der Waals surface area contributed by atoms with Crippen LogP contribution >= 0.6 is 0 Å². The van der Waals surface area contributed by atoms with Gasteiger partial charge in [0.15, 0.2) is 22.8 Å². The summed E-state index contributed by atoms with van der Waals surface area (Å²) in [5.74, 6) is -2.07. The summed E-state index contributed by atoms with van der Waals surface area (Å²) in [5.41, 5.74) is 0.529. The maximum atomic E-state index is 14.0. The number of benzene rings is 2. The number of hydrogen-bond acceptors (Lipinski definition) is 3. The molecule has 6 nitrogen and oxygen atoms in total. The predicted octanol–water partition coefficient (Wildman–Crippen LogP) is 4.18. The van der Waals surface area contributed by atoms with Crippen LogP contribution in [0.25, 0.3) is 16.9 Å². The van der Waals surface area contributed by atoms with Crippen molar-refractivity contribution < 1.29 is 8.78 Å². The van der Waals surface area contributed by atoms with Crippen LogP contribution in [0.5, 0.6) is 0 Å². The van der Waals surface area contributed by atoms with Gasteiger partial charge in [-0.15, -0.1) is 0 Å². The molecule has 1 saturated carbocycles. The van der Waals surface area contributed by atoms with Crippen molar-refractivity contribution >= 4 is 11.2 Å². The summed E-state index contributed by atoms with van der Waals surface area (Å²) >= 11 is 0. The molecule has 0 atom stereocenters. The molecular weight excluding hydrogens is 414 g/mol. The van der Waals surface area contributed by atoms with E-state index in [9.17, 15) is 18.4 Å². The summed E-state index contributed by atoms with van der Waals surface area (Å²) in [5, 5.41) is 0. The lowest BCUT2D eigenvalue weighted by molar-refractivity contribution is 0.335. The zero-order valence-corrected chi connectivity index (χ0v) is 17.4. The molecule has 0 N–H and O–H groups in total. The monoisotopic (exact) mass is 436 g/mol. The number of imidazole rings is 1. The molecule has 164 valence electrons. The molecule has 8 heteroatoms. The molecule has 0 unspecified atom stereocenters. The molecule has 5 rings (SSSR count). The summed E-state index contributed by atoms with van der Waals surface area (Å²) in [6.07, 6.45) is 5.90. The summed E-state index contributed by atoms with van der Waals surface area (Å²) in [6, 6.07) is 12.6. The molecule has 0 aliphatic heterocycles. The van der Waals surface area contributed by atoms with Gasteiger partial charge in [0.1, 0.15) is 0 Å². The average molecular weight is 436 g/mol. The third kappa shape index (κ3) is 3.45. The second-order valence-electron chi connectivity index (χ2n) is 8.21. The minimum absolute atomic E-state index is 0.133. The molecule has 2 aromatic carbocycles. The van der Waals surface area contributed by atoms with Gasteiger partial charge in [-0.3, -0.25) is 9.36 Å². The van der Waals surface area contributed by atoms with Gasteiger partial charge in [-0.25, -0.2) is 23.1 Å². The van der Waals surface area contributed by atoms with E-state index in [0.29, 0.717) is 6.54 Å². The lowest BCUT2D eigenvalue weighted by atomic mass is 9.95. The van der Waals surface area contributed by atoms with Crippen LogP contribution in [-0.2, 0) is 6.54 Å². The van der Waals surface area contributed by atoms with Crippen LogP contribution < -0.4 is 11.2 Å². The lowest BCUT2D eigenvalue weighted by Gasteiger charge is -2.24. The Kier molecular flexibility index (Phi) is 5.20. The van der Waals surface area contributed by atoms with Crippen LogP contribution in [0, 0.1) is 11.6 Å². The van der Waals surface area contributed by atoms with Crippen molar-refractivity contribution in [1.82, 2.24) is 18.7 Å².